The van der Waals surface area contributed by atoms with Crippen molar-refractivity contribution in [1.82, 2.24) is 9.47 Å². The van der Waals surface area contributed by atoms with E-state index in [1.165, 1.54) is 23.2 Å². The molecule has 2 unspecified atom stereocenters. The third kappa shape index (κ3) is 3.33. The first-order valence-corrected chi connectivity index (χ1v) is 6.47. The summed E-state index contributed by atoms with van der Waals surface area (Å²) in [6, 6.07) is 2.82. The number of hydrogen-bond acceptors (Lipinski definition) is 2. The van der Waals surface area contributed by atoms with Crippen molar-refractivity contribution in [2.45, 2.75) is 32.2 Å². The topological polar surface area (TPSA) is 45.5 Å². The Kier molecular flexibility index (Phi) is 4.08. The SMILES string of the molecule is CC(O)C1CCN(C(=O)c2cccn2CC(F)(F)F)C1. The van der Waals surface area contributed by atoms with Crippen molar-refractivity contribution in [1.29, 1.82) is 0 Å². The van der Waals surface area contributed by atoms with Gasteiger partial charge in [-0.1, -0.05) is 0 Å². The van der Waals surface area contributed by atoms with Gasteiger partial charge in [-0.15, -0.1) is 0 Å². The van der Waals surface area contributed by atoms with E-state index in [2.05, 4.69) is 0 Å². The third-order valence-corrected chi connectivity index (χ3v) is 3.59. The molecule has 0 bridgehead atoms. The number of aromatic nitrogens is 1. The van der Waals surface area contributed by atoms with Gasteiger partial charge in [-0.3, -0.25) is 4.79 Å². The molecule has 0 aromatic carbocycles. The average molecular weight is 290 g/mol. The third-order valence-electron chi connectivity index (χ3n) is 3.59. The molecular weight excluding hydrogens is 273 g/mol. The molecule has 1 saturated heterocycles. The number of carbonyl (C=O) groups excluding carboxylic acids is 1. The van der Waals surface area contributed by atoms with Crippen molar-refractivity contribution >= 4 is 5.91 Å². The second-order valence-corrected chi connectivity index (χ2v) is 5.18. The van der Waals surface area contributed by atoms with Gasteiger partial charge in [0, 0.05) is 25.2 Å². The van der Waals surface area contributed by atoms with Crippen LogP contribution in [-0.2, 0) is 6.54 Å². The lowest BCUT2D eigenvalue weighted by Crippen LogP contribution is -2.32. The summed E-state index contributed by atoms with van der Waals surface area (Å²) in [4.78, 5) is 13.7. The van der Waals surface area contributed by atoms with Crippen LogP contribution in [0, 0.1) is 5.92 Å². The lowest BCUT2D eigenvalue weighted by Gasteiger charge is -2.19. The zero-order valence-electron chi connectivity index (χ0n) is 11.1. The van der Waals surface area contributed by atoms with Crippen molar-refractivity contribution in [2.24, 2.45) is 5.92 Å². The van der Waals surface area contributed by atoms with Crippen LogP contribution < -0.4 is 0 Å². The Bertz CT molecular complexity index is 482. The van der Waals surface area contributed by atoms with Crippen LogP contribution in [0.1, 0.15) is 23.8 Å². The van der Waals surface area contributed by atoms with Gasteiger partial charge in [0.25, 0.3) is 5.91 Å². The van der Waals surface area contributed by atoms with Gasteiger partial charge in [0.05, 0.1) is 6.10 Å². The highest BCUT2D eigenvalue weighted by Gasteiger charge is 2.33. The van der Waals surface area contributed by atoms with E-state index in [0.29, 0.717) is 19.5 Å². The second kappa shape index (κ2) is 5.47. The van der Waals surface area contributed by atoms with Crippen LogP contribution in [0.4, 0.5) is 13.2 Å². The van der Waals surface area contributed by atoms with Gasteiger partial charge in [-0.25, -0.2) is 0 Å². The number of carbonyl (C=O) groups is 1. The van der Waals surface area contributed by atoms with Crippen LogP contribution in [-0.4, -0.2) is 45.9 Å². The van der Waals surface area contributed by atoms with Gasteiger partial charge >= 0.3 is 6.18 Å². The van der Waals surface area contributed by atoms with E-state index in [-0.39, 0.29) is 11.6 Å². The largest absolute Gasteiger partial charge is 0.406 e. The molecule has 1 aromatic heterocycles. The number of likely N-dealkylation sites (tertiary alicyclic amines) is 1. The summed E-state index contributed by atoms with van der Waals surface area (Å²) in [7, 11) is 0. The Balaban J connectivity index is 2.09. The maximum atomic E-state index is 12.4. The van der Waals surface area contributed by atoms with E-state index in [1.54, 1.807) is 6.92 Å². The molecule has 20 heavy (non-hydrogen) atoms. The molecule has 0 spiro atoms. The first kappa shape index (κ1) is 14.9. The fourth-order valence-electron chi connectivity index (χ4n) is 2.47. The Morgan fingerprint density at radius 2 is 2.25 bits per heavy atom. The Hall–Kier alpha value is -1.50. The minimum Gasteiger partial charge on any atom is -0.393 e. The van der Waals surface area contributed by atoms with E-state index in [9.17, 15) is 23.1 Å². The highest BCUT2D eigenvalue weighted by molar-refractivity contribution is 5.93. The molecular formula is C13H17F3N2O2. The molecule has 1 aliphatic heterocycles. The van der Waals surface area contributed by atoms with Crippen LogP contribution in [0.5, 0.6) is 0 Å². The standard InChI is InChI=1S/C13H17F3N2O2/c1-9(19)10-4-6-17(7-10)12(20)11-3-2-5-18(11)8-13(14,15)16/h2-3,5,9-10,19H,4,6-8H2,1H3. The average Bonchev–Trinajstić information content (AvgIpc) is 2.93. The summed E-state index contributed by atoms with van der Waals surface area (Å²) >= 11 is 0. The number of aliphatic hydroxyl groups is 1. The molecule has 1 N–H and O–H groups in total. The highest BCUT2D eigenvalue weighted by atomic mass is 19.4. The van der Waals surface area contributed by atoms with Crippen LogP contribution >= 0.6 is 0 Å². The minimum absolute atomic E-state index is 0.00928. The second-order valence-electron chi connectivity index (χ2n) is 5.18. The first-order chi connectivity index (χ1) is 9.28. The van der Waals surface area contributed by atoms with E-state index >= 15 is 0 Å². The van der Waals surface area contributed by atoms with Crippen molar-refractivity contribution in [3.63, 3.8) is 0 Å². The molecule has 4 nitrogen and oxygen atoms in total. The molecule has 2 heterocycles. The Labute approximate surface area is 114 Å². The lowest BCUT2D eigenvalue weighted by atomic mass is 10.0. The minimum atomic E-state index is -4.36. The van der Waals surface area contributed by atoms with Gasteiger partial charge in [0.2, 0.25) is 0 Å². The molecule has 1 aliphatic rings. The van der Waals surface area contributed by atoms with Crippen molar-refractivity contribution in [3.05, 3.63) is 24.0 Å². The molecule has 0 saturated carbocycles. The number of hydrogen-bond donors (Lipinski definition) is 1. The monoisotopic (exact) mass is 290 g/mol. The van der Waals surface area contributed by atoms with E-state index in [4.69, 9.17) is 0 Å². The zero-order valence-corrected chi connectivity index (χ0v) is 11.1. The first-order valence-electron chi connectivity index (χ1n) is 6.47. The molecule has 2 atom stereocenters. The molecule has 1 fully saturated rings. The molecule has 7 heteroatoms. The van der Waals surface area contributed by atoms with Gasteiger partial charge in [0.15, 0.2) is 0 Å². The fourth-order valence-corrected chi connectivity index (χ4v) is 2.47. The van der Waals surface area contributed by atoms with Crippen LogP contribution in [0.2, 0.25) is 0 Å². The van der Waals surface area contributed by atoms with Gasteiger partial charge in [-0.05, 0) is 25.5 Å². The van der Waals surface area contributed by atoms with E-state index in [0.717, 1.165) is 4.57 Å². The number of nitrogens with zero attached hydrogens (tertiary/aromatic N) is 2. The summed E-state index contributed by atoms with van der Waals surface area (Å²) in [5.41, 5.74) is 0.0357. The number of halogens is 3. The summed E-state index contributed by atoms with van der Waals surface area (Å²) in [6.45, 7) is 1.33. The quantitative estimate of drug-likeness (QED) is 0.924. The predicted octanol–water partition coefficient (Wildman–Crippen LogP) is 1.89. The number of amides is 1. The highest BCUT2D eigenvalue weighted by Crippen LogP contribution is 2.23. The van der Waals surface area contributed by atoms with Crippen molar-refractivity contribution in [3.8, 4) is 0 Å². The van der Waals surface area contributed by atoms with Crippen molar-refractivity contribution in [2.75, 3.05) is 13.1 Å². The van der Waals surface area contributed by atoms with Gasteiger partial charge < -0.3 is 14.6 Å². The van der Waals surface area contributed by atoms with E-state index in [1.807, 2.05) is 0 Å². The number of alkyl halides is 3. The van der Waals surface area contributed by atoms with Gasteiger partial charge in [-0.2, -0.15) is 13.2 Å². The number of rotatable bonds is 3. The summed E-state index contributed by atoms with van der Waals surface area (Å²) in [6.07, 6.45) is -2.96. The maximum Gasteiger partial charge on any atom is 0.406 e. The Morgan fingerprint density at radius 3 is 2.80 bits per heavy atom. The summed E-state index contributed by atoms with van der Waals surface area (Å²) in [5, 5.41) is 9.50. The van der Waals surface area contributed by atoms with Gasteiger partial charge in [0.1, 0.15) is 12.2 Å². The molecule has 1 aromatic rings. The molecule has 0 radical (unpaired) electrons. The molecule has 112 valence electrons. The normalized spacial score (nSPS) is 21.2. The van der Waals surface area contributed by atoms with Crippen molar-refractivity contribution < 1.29 is 23.1 Å². The molecule has 0 aliphatic carbocycles. The summed E-state index contributed by atoms with van der Waals surface area (Å²) < 4.78 is 38.2. The fraction of sp³-hybridized carbons (Fsp3) is 0.615. The Morgan fingerprint density at radius 1 is 1.55 bits per heavy atom. The summed E-state index contributed by atoms with van der Waals surface area (Å²) in [5.74, 6) is -0.424. The molecule has 2 rings (SSSR count). The maximum absolute atomic E-state index is 12.4. The number of aliphatic hydroxyl groups excluding tert-OH is 1. The smallest absolute Gasteiger partial charge is 0.393 e. The van der Waals surface area contributed by atoms with E-state index < -0.39 is 24.7 Å². The van der Waals surface area contributed by atoms with Crippen LogP contribution in [0.15, 0.2) is 18.3 Å². The predicted molar refractivity (Wildman–Crippen MR) is 66.2 cm³/mol. The zero-order chi connectivity index (χ0) is 14.9. The lowest BCUT2D eigenvalue weighted by molar-refractivity contribution is -0.140. The molecule has 1 amide bonds. The van der Waals surface area contributed by atoms with Crippen LogP contribution in [0.25, 0.3) is 0 Å². The van der Waals surface area contributed by atoms with Crippen LogP contribution in [0.3, 0.4) is 0 Å².